The van der Waals surface area contributed by atoms with Crippen LogP contribution < -0.4 is 14.9 Å². The van der Waals surface area contributed by atoms with Crippen LogP contribution in [0.2, 0.25) is 0 Å². The number of carbonyl (C=O) groups is 1. The molecule has 3 rings (SSSR count). The van der Waals surface area contributed by atoms with Gasteiger partial charge in [0.25, 0.3) is 0 Å². The molecule has 2 aliphatic heterocycles. The summed E-state index contributed by atoms with van der Waals surface area (Å²) < 4.78 is 27.5. The Morgan fingerprint density at radius 2 is 2.18 bits per heavy atom. The van der Waals surface area contributed by atoms with E-state index in [4.69, 9.17) is 0 Å². The second-order valence-electron chi connectivity index (χ2n) is 5.52. The van der Waals surface area contributed by atoms with Crippen LogP contribution in [0.15, 0.2) is 23.1 Å². The second kappa shape index (κ2) is 6.54. The van der Waals surface area contributed by atoms with Crippen molar-refractivity contribution in [3.63, 3.8) is 0 Å². The van der Waals surface area contributed by atoms with Gasteiger partial charge in [0.2, 0.25) is 15.9 Å². The molecule has 0 saturated carbocycles. The Morgan fingerprint density at radius 1 is 1.41 bits per heavy atom. The van der Waals surface area contributed by atoms with Crippen LogP contribution in [-0.4, -0.2) is 40.0 Å². The quantitative estimate of drug-likeness (QED) is 0.843. The molecule has 0 aliphatic carbocycles. The molecule has 1 atom stereocenters. The number of halogens is 1. The highest BCUT2D eigenvalue weighted by molar-refractivity contribution is 7.89. The highest BCUT2D eigenvalue weighted by Crippen LogP contribution is 2.30. The first-order valence-electron chi connectivity index (χ1n) is 7.11. The second-order valence-corrected chi connectivity index (χ2v) is 7.24. The summed E-state index contributed by atoms with van der Waals surface area (Å²) in [5.74, 6) is -0.0143. The number of nitrogens with zero attached hydrogens (tertiary/aromatic N) is 1. The topological polar surface area (TPSA) is 78.5 Å². The van der Waals surface area contributed by atoms with Crippen LogP contribution in [0, 0.1) is 0 Å². The molecule has 8 heteroatoms. The number of anilines is 1. The molecule has 6 nitrogen and oxygen atoms in total. The van der Waals surface area contributed by atoms with Crippen molar-refractivity contribution in [3.8, 4) is 0 Å². The average Bonchev–Trinajstić information content (AvgIpc) is 3.05. The van der Waals surface area contributed by atoms with E-state index in [1.807, 2.05) is 0 Å². The molecule has 1 aromatic rings. The zero-order chi connectivity index (χ0) is 15.0. The lowest BCUT2D eigenvalue weighted by atomic mass is 10.2. The van der Waals surface area contributed by atoms with Crippen molar-refractivity contribution in [1.29, 1.82) is 0 Å². The average molecular weight is 346 g/mol. The Labute approximate surface area is 136 Å². The van der Waals surface area contributed by atoms with E-state index < -0.39 is 10.0 Å². The summed E-state index contributed by atoms with van der Waals surface area (Å²) in [6, 6.07) is 4.94. The maximum atomic E-state index is 12.4. The summed E-state index contributed by atoms with van der Waals surface area (Å²) in [5, 5.41) is 3.14. The van der Waals surface area contributed by atoms with E-state index in [9.17, 15) is 13.2 Å². The SMILES string of the molecule is CC(=O)N1CCc2cc(S(=O)(=O)NC3CCNC3)ccc21.Cl. The third-order valence-electron chi connectivity index (χ3n) is 4.02. The van der Waals surface area contributed by atoms with Crippen LogP contribution in [0.3, 0.4) is 0 Å². The number of fused-ring (bicyclic) bond motifs is 1. The highest BCUT2D eigenvalue weighted by atomic mass is 35.5. The number of rotatable bonds is 3. The van der Waals surface area contributed by atoms with Gasteiger partial charge in [0.05, 0.1) is 4.90 Å². The maximum absolute atomic E-state index is 12.4. The zero-order valence-electron chi connectivity index (χ0n) is 12.3. The van der Waals surface area contributed by atoms with Crippen molar-refractivity contribution in [2.45, 2.75) is 30.7 Å². The van der Waals surface area contributed by atoms with E-state index in [0.29, 0.717) is 19.5 Å². The first-order valence-corrected chi connectivity index (χ1v) is 8.60. The Morgan fingerprint density at radius 3 is 2.82 bits per heavy atom. The number of carbonyl (C=O) groups excluding carboxylic acids is 1. The van der Waals surface area contributed by atoms with E-state index >= 15 is 0 Å². The van der Waals surface area contributed by atoms with Crippen LogP contribution in [0.25, 0.3) is 0 Å². The van der Waals surface area contributed by atoms with Crippen molar-refractivity contribution >= 4 is 34.0 Å². The number of benzene rings is 1. The molecular formula is C14H20ClN3O3S. The summed E-state index contributed by atoms with van der Waals surface area (Å²) in [6.45, 7) is 3.65. The van der Waals surface area contributed by atoms with Gasteiger partial charge in [-0.25, -0.2) is 13.1 Å². The molecule has 0 spiro atoms. The van der Waals surface area contributed by atoms with Gasteiger partial charge >= 0.3 is 0 Å². The predicted octanol–water partition coefficient (Wildman–Crippen LogP) is 0.658. The van der Waals surface area contributed by atoms with Crippen LogP contribution in [0.5, 0.6) is 0 Å². The summed E-state index contributed by atoms with van der Waals surface area (Å²) in [5.41, 5.74) is 1.74. The Balaban J connectivity index is 0.00000176. The minimum absolute atomic E-state index is 0. The summed E-state index contributed by atoms with van der Waals surface area (Å²) in [7, 11) is -3.50. The number of sulfonamides is 1. The maximum Gasteiger partial charge on any atom is 0.240 e. The fourth-order valence-corrected chi connectivity index (χ4v) is 4.24. The van der Waals surface area contributed by atoms with Gasteiger partial charge < -0.3 is 10.2 Å². The molecule has 1 unspecified atom stereocenters. The fraction of sp³-hybridized carbons (Fsp3) is 0.500. The number of hydrogen-bond acceptors (Lipinski definition) is 4. The van der Waals surface area contributed by atoms with E-state index in [0.717, 1.165) is 24.2 Å². The van der Waals surface area contributed by atoms with Crippen LogP contribution in [-0.2, 0) is 21.2 Å². The zero-order valence-corrected chi connectivity index (χ0v) is 14.0. The standard InChI is InChI=1S/C14H19N3O3S.ClH/c1-10(18)17-7-5-11-8-13(2-3-14(11)17)21(19,20)16-12-4-6-15-9-12;/h2-3,8,12,15-16H,4-7,9H2,1H3;1H. The summed E-state index contributed by atoms with van der Waals surface area (Å²) in [4.78, 5) is 13.5. The first kappa shape index (κ1) is 17.2. The van der Waals surface area contributed by atoms with Gasteiger partial charge in [-0.2, -0.15) is 0 Å². The van der Waals surface area contributed by atoms with Crippen molar-refractivity contribution in [2.24, 2.45) is 0 Å². The molecule has 2 aliphatic rings. The Bertz CT molecular complexity index is 672. The molecule has 1 amide bonds. The number of amides is 1. The largest absolute Gasteiger partial charge is 0.315 e. The Hall–Kier alpha value is -1.15. The molecule has 122 valence electrons. The van der Waals surface area contributed by atoms with Crippen LogP contribution >= 0.6 is 12.4 Å². The molecule has 0 aromatic heterocycles. The molecule has 2 N–H and O–H groups in total. The molecule has 0 bridgehead atoms. The van der Waals surface area contributed by atoms with E-state index in [-0.39, 0.29) is 29.3 Å². The molecule has 2 heterocycles. The highest BCUT2D eigenvalue weighted by Gasteiger charge is 2.26. The molecular weight excluding hydrogens is 326 g/mol. The summed E-state index contributed by atoms with van der Waals surface area (Å²) in [6.07, 6.45) is 1.51. The molecule has 1 aromatic carbocycles. The minimum Gasteiger partial charge on any atom is -0.315 e. The van der Waals surface area contributed by atoms with Gasteiger partial charge in [-0.1, -0.05) is 0 Å². The molecule has 0 radical (unpaired) electrons. The lowest BCUT2D eigenvalue weighted by Gasteiger charge is -2.16. The third-order valence-corrected chi connectivity index (χ3v) is 5.54. The lowest BCUT2D eigenvalue weighted by molar-refractivity contribution is -0.116. The van der Waals surface area contributed by atoms with Crippen molar-refractivity contribution in [2.75, 3.05) is 24.5 Å². The van der Waals surface area contributed by atoms with Gasteiger partial charge in [0.15, 0.2) is 0 Å². The van der Waals surface area contributed by atoms with Gasteiger partial charge in [0, 0.05) is 31.7 Å². The summed E-state index contributed by atoms with van der Waals surface area (Å²) >= 11 is 0. The third kappa shape index (κ3) is 3.27. The van der Waals surface area contributed by atoms with Crippen molar-refractivity contribution in [3.05, 3.63) is 23.8 Å². The molecule has 22 heavy (non-hydrogen) atoms. The smallest absolute Gasteiger partial charge is 0.240 e. The van der Waals surface area contributed by atoms with Crippen molar-refractivity contribution in [1.82, 2.24) is 10.0 Å². The van der Waals surface area contributed by atoms with Gasteiger partial charge in [0.1, 0.15) is 0 Å². The Kier molecular flexibility index (Phi) is 5.11. The van der Waals surface area contributed by atoms with E-state index in [1.165, 1.54) is 6.92 Å². The van der Waals surface area contributed by atoms with Crippen molar-refractivity contribution < 1.29 is 13.2 Å². The molecule has 1 fully saturated rings. The normalized spacial score (nSPS) is 20.6. The first-order chi connectivity index (χ1) is 9.97. The van der Waals surface area contributed by atoms with E-state index in [1.54, 1.807) is 23.1 Å². The fourth-order valence-electron chi connectivity index (χ4n) is 2.92. The predicted molar refractivity (Wildman–Crippen MR) is 87.0 cm³/mol. The molecule has 1 saturated heterocycles. The van der Waals surface area contributed by atoms with Crippen LogP contribution in [0.4, 0.5) is 5.69 Å². The number of nitrogens with one attached hydrogen (secondary N) is 2. The van der Waals surface area contributed by atoms with E-state index in [2.05, 4.69) is 10.0 Å². The van der Waals surface area contributed by atoms with Gasteiger partial charge in [-0.15, -0.1) is 12.4 Å². The van der Waals surface area contributed by atoms with Gasteiger partial charge in [-0.3, -0.25) is 4.79 Å². The number of hydrogen-bond donors (Lipinski definition) is 2. The van der Waals surface area contributed by atoms with Crippen LogP contribution in [0.1, 0.15) is 18.9 Å². The van der Waals surface area contributed by atoms with Gasteiger partial charge in [-0.05, 0) is 43.1 Å². The lowest BCUT2D eigenvalue weighted by Crippen LogP contribution is -2.36. The monoisotopic (exact) mass is 345 g/mol. The minimum atomic E-state index is -3.50.